The fourth-order valence-electron chi connectivity index (χ4n) is 3.15. The zero-order chi connectivity index (χ0) is 18.5. The standard InChI is InChI=1S/C18H23N5O2S/c1-12-7-5-6-10-14(12)19-18(26)21-20-17(25)16-15(24)11-23(22-16)13-8-3-2-4-9-13/h2-4,8-9,11-12,14,24H,5-7,10H2,1H3,(H,20,25)(H2,19,21,26)/t12-,14-/m0/s1. The van der Waals surface area contributed by atoms with Crippen molar-refractivity contribution >= 4 is 23.2 Å². The molecule has 26 heavy (non-hydrogen) atoms. The first-order chi connectivity index (χ1) is 12.5. The second-order valence-electron chi connectivity index (χ2n) is 6.56. The number of hydrazine groups is 1. The number of nitrogens with one attached hydrogen (secondary N) is 3. The largest absolute Gasteiger partial charge is 0.504 e. The van der Waals surface area contributed by atoms with E-state index in [1.54, 1.807) is 0 Å². The molecular weight excluding hydrogens is 350 g/mol. The lowest BCUT2D eigenvalue weighted by molar-refractivity contribution is 0.0935. The molecule has 2 atom stereocenters. The molecule has 0 unspecified atom stereocenters. The van der Waals surface area contributed by atoms with E-state index >= 15 is 0 Å². The van der Waals surface area contributed by atoms with Crippen molar-refractivity contribution in [2.75, 3.05) is 0 Å². The molecule has 4 N–H and O–H groups in total. The zero-order valence-corrected chi connectivity index (χ0v) is 15.4. The number of benzene rings is 1. The van der Waals surface area contributed by atoms with Crippen LogP contribution in [0.3, 0.4) is 0 Å². The Balaban J connectivity index is 1.56. The monoisotopic (exact) mass is 373 g/mol. The van der Waals surface area contributed by atoms with Crippen molar-refractivity contribution in [3.8, 4) is 11.4 Å². The van der Waals surface area contributed by atoms with E-state index in [4.69, 9.17) is 12.2 Å². The average Bonchev–Trinajstić information content (AvgIpc) is 3.04. The first-order valence-electron chi connectivity index (χ1n) is 8.75. The maximum Gasteiger partial charge on any atom is 0.294 e. The number of amides is 1. The van der Waals surface area contributed by atoms with E-state index in [0.717, 1.165) is 12.1 Å². The first kappa shape index (κ1) is 18.2. The highest BCUT2D eigenvalue weighted by Gasteiger charge is 2.22. The van der Waals surface area contributed by atoms with Crippen molar-refractivity contribution in [1.82, 2.24) is 25.9 Å². The summed E-state index contributed by atoms with van der Waals surface area (Å²) in [6.45, 7) is 2.20. The molecule has 0 bridgehead atoms. The average molecular weight is 373 g/mol. The summed E-state index contributed by atoms with van der Waals surface area (Å²) in [5, 5.41) is 17.7. The molecule has 2 aromatic rings. The van der Waals surface area contributed by atoms with Crippen molar-refractivity contribution in [3.63, 3.8) is 0 Å². The van der Waals surface area contributed by atoms with Gasteiger partial charge in [0.1, 0.15) is 0 Å². The Kier molecular flexibility index (Phi) is 5.72. The second kappa shape index (κ2) is 8.18. The minimum Gasteiger partial charge on any atom is -0.504 e. The van der Waals surface area contributed by atoms with Gasteiger partial charge in [-0.1, -0.05) is 38.0 Å². The SMILES string of the molecule is C[C@H]1CCCC[C@@H]1NC(=S)NNC(=O)c1nn(-c2ccccc2)cc1O. The van der Waals surface area contributed by atoms with Crippen LogP contribution in [0.1, 0.15) is 43.1 Å². The molecule has 1 aliphatic carbocycles. The Morgan fingerprint density at radius 1 is 1.23 bits per heavy atom. The van der Waals surface area contributed by atoms with Crippen molar-refractivity contribution < 1.29 is 9.90 Å². The smallest absolute Gasteiger partial charge is 0.294 e. The summed E-state index contributed by atoms with van der Waals surface area (Å²) in [7, 11) is 0. The van der Waals surface area contributed by atoms with Crippen LogP contribution in [0.5, 0.6) is 5.75 Å². The van der Waals surface area contributed by atoms with Crippen LogP contribution in [-0.2, 0) is 0 Å². The van der Waals surface area contributed by atoms with Crippen molar-refractivity contribution in [2.45, 2.75) is 38.6 Å². The molecule has 1 saturated carbocycles. The number of carbonyl (C=O) groups is 1. The van der Waals surface area contributed by atoms with Crippen molar-refractivity contribution in [1.29, 1.82) is 0 Å². The number of thiocarbonyl (C=S) groups is 1. The van der Waals surface area contributed by atoms with E-state index in [1.165, 1.54) is 30.1 Å². The highest BCUT2D eigenvalue weighted by molar-refractivity contribution is 7.80. The van der Waals surface area contributed by atoms with E-state index in [1.807, 2.05) is 30.3 Å². The molecule has 7 nitrogen and oxygen atoms in total. The van der Waals surface area contributed by atoms with Gasteiger partial charge in [-0.05, 0) is 43.1 Å². The Hall–Kier alpha value is -2.61. The summed E-state index contributed by atoms with van der Waals surface area (Å²) >= 11 is 5.25. The predicted molar refractivity (Wildman–Crippen MR) is 103 cm³/mol. The van der Waals surface area contributed by atoms with E-state index < -0.39 is 5.91 Å². The van der Waals surface area contributed by atoms with E-state index in [0.29, 0.717) is 17.1 Å². The molecule has 1 heterocycles. The zero-order valence-electron chi connectivity index (χ0n) is 14.6. The second-order valence-corrected chi connectivity index (χ2v) is 6.97. The van der Waals surface area contributed by atoms with Gasteiger partial charge in [0.25, 0.3) is 5.91 Å². The fourth-order valence-corrected chi connectivity index (χ4v) is 3.35. The molecule has 1 aromatic carbocycles. The van der Waals surface area contributed by atoms with E-state index in [2.05, 4.69) is 28.2 Å². The lowest BCUT2D eigenvalue weighted by Crippen LogP contribution is -2.51. The summed E-state index contributed by atoms with van der Waals surface area (Å²) in [6.07, 6.45) is 6.07. The summed E-state index contributed by atoms with van der Waals surface area (Å²) < 4.78 is 1.45. The lowest BCUT2D eigenvalue weighted by atomic mass is 9.86. The third-order valence-electron chi connectivity index (χ3n) is 4.65. The van der Waals surface area contributed by atoms with Gasteiger partial charge in [0.05, 0.1) is 11.9 Å². The lowest BCUT2D eigenvalue weighted by Gasteiger charge is -2.30. The molecule has 138 valence electrons. The molecule has 1 aromatic heterocycles. The van der Waals surface area contributed by atoms with Crippen LogP contribution in [-0.4, -0.2) is 31.9 Å². The maximum atomic E-state index is 12.3. The van der Waals surface area contributed by atoms with Gasteiger partial charge < -0.3 is 10.4 Å². The van der Waals surface area contributed by atoms with Gasteiger partial charge in [-0.3, -0.25) is 15.6 Å². The quantitative estimate of drug-likeness (QED) is 0.487. The number of hydrogen-bond acceptors (Lipinski definition) is 4. The van der Waals surface area contributed by atoms with Gasteiger partial charge in [0, 0.05) is 6.04 Å². The van der Waals surface area contributed by atoms with Crippen LogP contribution in [0.15, 0.2) is 36.5 Å². The third-order valence-corrected chi connectivity index (χ3v) is 4.87. The first-order valence-corrected chi connectivity index (χ1v) is 9.16. The predicted octanol–water partition coefficient (Wildman–Crippen LogP) is 2.27. The van der Waals surface area contributed by atoms with E-state index in [9.17, 15) is 9.90 Å². The molecule has 1 aliphatic rings. The van der Waals surface area contributed by atoms with Crippen LogP contribution in [0.25, 0.3) is 5.69 Å². The van der Waals surface area contributed by atoms with E-state index in [-0.39, 0.29) is 11.4 Å². The van der Waals surface area contributed by atoms with Gasteiger partial charge in [0.15, 0.2) is 16.6 Å². The molecule has 0 spiro atoms. The van der Waals surface area contributed by atoms with Crippen LogP contribution in [0.2, 0.25) is 0 Å². The number of aromatic hydroxyl groups is 1. The van der Waals surface area contributed by atoms with Crippen LogP contribution >= 0.6 is 12.2 Å². The molecule has 0 saturated heterocycles. The molecule has 1 fully saturated rings. The summed E-state index contributed by atoms with van der Waals surface area (Å²) in [6, 6.07) is 9.56. The molecule has 3 rings (SSSR count). The Labute approximate surface area is 157 Å². The number of para-hydroxylation sites is 1. The van der Waals surface area contributed by atoms with Gasteiger partial charge in [-0.25, -0.2) is 4.68 Å². The Bertz CT molecular complexity index is 777. The molecular formula is C18H23N5O2S. The van der Waals surface area contributed by atoms with Gasteiger partial charge in [-0.2, -0.15) is 5.10 Å². The summed E-state index contributed by atoms with van der Waals surface area (Å²) in [5.74, 6) is -0.212. The number of nitrogens with zero attached hydrogens (tertiary/aromatic N) is 2. The highest BCUT2D eigenvalue weighted by Crippen LogP contribution is 2.23. The minimum atomic E-state index is -0.557. The molecule has 1 amide bonds. The Morgan fingerprint density at radius 3 is 2.69 bits per heavy atom. The summed E-state index contributed by atoms with van der Waals surface area (Å²) in [4.78, 5) is 12.3. The Morgan fingerprint density at radius 2 is 1.96 bits per heavy atom. The van der Waals surface area contributed by atoms with Gasteiger partial charge in [-0.15, -0.1) is 0 Å². The van der Waals surface area contributed by atoms with Crippen molar-refractivity contribution in [2.24, 2.45) is 5.92 Å². The van der Waals surface area contributed by atoms with Gasteiger partial charge in [0.2, 0.25) is 0 Å². The summed E-state index contributed by atoms with van der Waals surface area (Å²) in [5.41, 5.74) is 5.84. The number of hydrogen-bond donors (Lipinski definition) is 4. The minimum absolute atomic E-state index is 0.0739. The van der Waals surface area contributed by atoms with Crippen LogP contribution in [0.4, 0.5) is 0 Å². The third kappa shape index (κ3) is 4.32. The fraction of sp³-hybridized carbons (Fsp3) is 0.389. The van der Waals surface area contributed by atoms with Gasteiger partial charge >= 0.3 is 0 Å². The number of carbonyl (C=O) groups excluding carboxylic acids is 1. The topological polar surface area (TPSA) is 91.2 Å². The number of aromatic nitrogens is 2. The molecule has 0 aliphatic heterocycles. The molecule has 0 radical (unpaired) electrons. The normalized spacial score (nSPS) is 19.6. The number of rotatable bonds is 3. The maximum absolute atomic E-state index is 12.3. The highest BCUT2D eigenvalue weighted by atomic mass is 32.1. The molecule has 8 heteroatoms. The van der Waals surface area contributed by atoms with Crippen molar-refractivity contribution in [3.05, 3.63) is 42.2 Å². The van der Waals surface area contributed by atoms with Crippen LogP contribution < -0.4 is 16.2 Å². The van der Waals surface area contributed by atoms with Crippen LogP contribution in [0, 0.1) is 5.92 Å².